The van der Waals surface area contributed by atoms with E-state index < -0.39 is 0 Å². The molecule has 0 atom stereocenters. The van der Waals surface area contributed by atoms with Crippen LogP contribution >= 0.6 is 0 Å². The normalized spacial score (nSPS) is 10.4. The number of hydrogen-bond donors (Lipinski definition) is 0. The molecule has 0 bridgehead atoms. The number of hydrogen-bond acceptors (Lipinski definition) is 3. The molecule has 2 rings (SSSR count). The highest BCUT2D eigenvalue weighted by molar-refractivity contribution is 5.97. The first-order valence-corrected chi connectivity index (χ1v) is 7.54. The fourth-order valence-electron chi connectivity index (χ4n) is 2.50. The van der Waals surface area contributed by atoms with Crippen LogP contribution in [0, 0.1) is 13.8 Å². The molecule has 3 nitrogen and oxygen atoms in total. The van der Waals surface area contributed by atoms with E-state index in [0.29, 0.717) is 6.61 Å². The molecule has 0 unspecified atom stereocenters. The van der Waals surface area contributed by atoms with E-state index in [0.717, 1.165) is 40.4 Å². The summed E-state index contributed by atoms with van der Waals surface area (Å²) in [6, 6.07) is 11.4. The van der Waals surface area contributed by atoms with Crippen molar-refractivity contribution in [1.29, 1.82) is 0 Å². The van der Waals surface area contributed by atoms with Gasteiger partial charge in [-0.15, -0.1) is 0 Å². The number of carbonyl (C=O) groups excluding carboxylic acids is 1. The zero-order valence-electron chi connectivity index (χ0n) is 13.6. The van der Waals surface area contributed by atoms with Crippen molar-refractivity contribution in [3.8, 4) is 17.2 Å². The molecule has 0 aliphatic rings. The second-order valence-electron chi connectivity index (χ2n) is 5.41. The zero-order valence-corrected chi connectivity index (χ0v) is 13.6. The van der Waals surface area contributed by atoms with Gasteiger partial charge < -0.3 is 9.47 Å². The van der Waals surface area contributed by atoms with E-state index in [2.05, 4.69) is 6.92 Å². The standard InChI is InChI=1S/C19H22O3/c1-5-10-21-16-6-8-17(9-7-16)22-18-11-13(2)19(15(4)20)14(3)12-18/h6-9,11-12H,5,10H2,1-4H3. The predicted molar refractivity (Wildman–Crippen MR) is 88.2 cm³/mol. The highest BCUT2D eigenvalue weighted by Crippen LogP contribution is 2.28. The van der Waals surface area contributed by atoms with E-state index in [1.807, 2.05) is 50.2 Å². The van der Waals surface area contributed by atoms with Crippen molar-refractivity contribution < 1.29 is 14.3 Å². The van der Waals surface area contributed by atoms with Gasteiger partial charge in [0.25, 0.3) is 0 Å². The van der Waals surface area contributed by atoms with Crippen LogP contribution in [-0.4, -0.2) is 12.4 Å². The number of rotatable bonds is 6. The molecule has 0 radical (unpaired) electrons. The molecule has 2 aromatic carbocycles. The highest BCUT2D eigenvalue weighted by atomic mass is 16.5. The van der Waals surface area contributed by atoms with Crippen LogP contribution in [0.5, 0.6) is 17.2 Å². The number of ether oxygens (including phenoxy) is 2. The minimum absolute atomic E-state index is 0.0824. The summed E-state index contributed by atoms with van der Waals surface area (Å²) in [5, 5.41) is 0. The van der Waals surface area contributed by atoms with Crippen LogP contribution in [0.2, 0.25) is 0 Å². The Morgan fingerprint density at radius 3 is 2.00 bits per heavy atom. The van der Waals surface area contributed by atoms with Crippen molar-refractivity contribution >= 4 is 5.78 Å². The molecule has 0 saturated carbocycles. The lowest BCUT2D eigenvalue weighted by Gasteiger charge is -2.12. The molecule has 0 aromatic heterocycles. The lowest BCUT2D eigenvalue weighted by Crippen LogP contribution is -2.00. The molecular formula is C19H22O3. The first-order chi connectivity index (χ1) is 10.5. The van der Waals surface area contributed by atoms with Crippen LogP contribution in [0.1, 0.15) is 41.8 Å². The second kappa shape index (κ2) is 7.12. The van der Waals surface area contributed by atoms with E-state index in [9.17, 15) is 4.79 Å². The van der Waals surface area contributed by atoms with Gasteiger partial charge in [-0.2, -0.15) is 0 Å². The number of ketones is 1. The van der Waals surface area contributed by atoms with Crippen molar-refractivity contribution in [2.75, 3.05) is 6.61 Å². The SMILES string of the molecule is CCCOc1ccc(Oc2cc(C)c(C(C)=O)c(C)c2)cc1. The third-order valence-corrected chi connectivity index (χ3v) is 3.39. The number of aryl methyl sites for hydroxylation is 2. The van der Waals surface area contributed by atoms with Crippen molar-refractivity contribution in [2.24, 2.45) is 0 Å². The minimum Gasteiger partial charge on any atom is -0.494 e. The van der Waals surface area contributed by atoms with Gasteiger partial charge in [-0.05, 0) is 74.7 Å². The Bertz CT molecular complexity index is 634. The molecule has 0 N–H and O–H groups in total. The van der Waals surface area contributed by atoms with E-state index in [4.69, 9.17) is 9.47 Å². The lowest BCUT2D eigenvalue weighted by molar-refractivity contribution is 0.101. The molecule has 0 fully saturated rings. The fourth-order valence-corrected chi connectivity index (χ4v) is 2.50. The number of benzene rings is 2. The maximum atomic E-state index is 11.6. The molecule has 2 aromatic rings. The van der Waals surface area contributed by atoms with Gasteiger partial charge in [-0.25, -0.2) is 0 Å². The summed E-state index contributed by atoms with van der Waals surface area (Å²) in [5.41, 5.74) is 2.64. The first kappa shape index (κ1) is 16.1. The number of Topliss-reactive ketones (excluding diaryl/α,β-unsaturated/α-hetero) is 1. The van der Waals surface area contributed by atoms with Gasteiger partial charge in [0.05, 0.1) is 6.61 Å². The highest BCUT2D eigenvalue weighted by Gasteiger charge is 2.10. The Kier molecular flexibility index (Phi) is 5.21. The molecule has 22 heavy (non-hydrogen) atoms. The van der Waals surface area contributed by atoms with Crippen LogP contribution < -0.4 is 9.47 Å². The van der Waals surface area contributed by atoms with Crippen LogP contribution in [-0.2, 0) is 0 Å². The van der Waals surface area contributed by atoms with Crippen molar-refractivity contribution in [2.45, 2.75) is 34.1 Å². The molecule has 0 aliphatic carbocycles. The predicted octanol–water partition coefficient (Wildman–Crippen LogP) is 5.09. The van der Waals surface area contributed by atoms with Crippen LogP contribution in [0.4, 0.5) is 0 Å². The second-order valence-corrected chi connectivity index (χ2v) is 5.41. The molecule has 0 amide bonds. The Hall–Kier alpha value is -2.29. The molecule has 3 heteroatoms. The maximum absolute atomic E-state index is 11.6. The van der Waals surface area contributed by atoms with Crippen LogP contribution in [0.3, 0.4) is 0 Å². The van der Waals surface area contributed by atoms with Gasteiger partial charge in [0.15, 0.2) is 5.78 Å². The molecular weight excluding hydrogens is 276 g/mol. The van der Waals surface area contributed by atoms with E-state index in [-0.39, 0.29) is 5.78 Å². The van der Waals surface area contributed by atoms with E-state index >= 15 is 0 Å². The van der Waals surface area contributed by atoms with Gasteiger partial charge >= 0.3 is 0 Å². The molecule has 116 valence electrons. The Morgan fingerprint density at radius 2 is 1.50 bits per heavy atom. The Labute approximate surface area is 131 Å². The van der Waals surface area contributed by atoms with Gasteiger partial charge in [0, 0.05) is 5.56 Å². The maximum Gasteiger partial charge on any atom is 0.160 e. The van der Waals surface area contributed by atoms with Crippen molar-refractivity contribution in [3.63, 3.8) is 0 Å². The monoisotopic (exact) mass is 298 g/mol. The third kappa shape index (κ3) is 3.88. The topological polar surface area (TPSA) is 35.5 Å². The summed E-state index contributed by atoms with van der Waals surface area (Å²) in [6.45, 7) is 8.24. The van der Waals surface area contributed by atoms with E-state index in [1.165, 1.54) is 0 Å². The third-order valence-electron chi connectivity index (χ3n) is 3.39. The van der Waals surface area contributed by atoms with Gasteiger partial charge in [-0.1, -0.05) is 6.92 Å². The van der Waals surface area contributed by atoms with Crippen molar-refractivity contribution in [3.05, 3.63) is 53.1 Å². The summed E-state index contributed by atoms with van der Waals surface area (Å²) in [5.74, 6) is 2.41. The Balaban J connectivity index is 2.15. The molecule has 0 spiro atoms. The largest absolute Gasteiger partial charge is 0.494 e. The van der Waals surface area contributed by atoms with Gasteiger partial charge in [0.1, 0.15) is 17.2 Å². The Morgan fingerprint density at radius 1 is 0.955 bits per heavy atom. The van der Waals surface area contributed by atoms with Gasteiger partial charge in [0.2, 0.25) is 0 Å². The lowest BCUT2D eigenvalue weighted by atomic mass is 9.99. The van der Waals surface area contributed by atoms with E-state index in [1.54, 1.807) is 6.92 Å². The quantitative estimate of drug-likeness (QED) is 0.697. The molecule has 0 aliphatic heterocycles. The van der Waals surface area contributed by atoms with Crippen molar-refractivity contribution in [1.82, 2.24) is 0 Å². The smallest absolute Gasteiger partial charge is 0.160 e. The molecule has 0 saturated heterocycles. The summed E-state index contributed by atoms with van der Waals surface area (Å²) in [7, 11) is 0. The van der Waals surface area contributed by atoms with Crippen LogP contribution in [0.25, 0.3) is 0 Å². The zero-order chi connectivity index (χ0) is 16.1. The summed E-state index contributed by atoms with van der Waals surface area (Å²) in [4.78, 5) is 11.6. The molecule has 0 heterocycles. The van der Waals surface area contributed by atoms with Gasteiger partial charge in [-0.3, -0.25) is 4.79 Å². The fraction of sp³-hybridized carbons (Fsp3) is 0.316. The van der Waals surface area contributed by atoms with Crippen LogP contribution in [0.15, 0.2) is 36.4 Å². The first-order valence-electron chi connectivity index (χ1n) is 7.54. The summed E-state index contributed by atoms with van der Waals surface area (Å²) < 4.78 is 11.4. The average molecular weight is 298 g/mol. The summed E-state index contributed by atoms with van der Waals surface area (Å²) >= 11 is 0. The summed E-state index contributed by atoms with van der Waals surface area (Å²) in [6.07, 6.45) is 0.985. The average Bonchev–Trinajstić information content (AvgIpc) is 2.45. The minimum atomic E-state index is 0.0824. The number of carbonyl (C=O) groups is 1.